The van der Waals surface area contributed by atoms with E-state index in [1.165, 1.54) is 35.6 Å². The van der Waals surface area contributed by atoms with Crippen molar-refractivity contribution in [1.29, 1.82) is 0 Å². The van der Waals surface area contributed by atoms with Gasteiger partial charge in [0.05, 0.1) is 4.88 Å². The van der Waals surface area contributed by atoms with Gasteiger partial charge in [0.1, 0.15) is 16.6 Å². The fourth-order valence-corrected chi connectivity index (χ4v) is 4.09. The Labute approximate surface area is 167 Å². The van der Waals surface area contributed by atoms with Gasteiger partial charge in [-0.15, -0.1) is 22.7 Å². The zero-order chi connectivity index (χ0) is 19.5. The Hall–Kier alpha value is -3.16. The summed E-state index contributed by atoms with van der Waals surface area (Å²) in [6.07, 6.45) is 0. The fraction of sp³-hybridized carbons (Fsp3) is 0. The van der Waals surface area contributed by atoms with E-state index < -0.39 is 11.8 Å². The quantitative estimate of drug-likeness (QED) is 0.249. The summed E-state index contributed by atoms with van der Waals surface area (Å²) in [5.74, 6) is -0.885. The first-order chi connectivity index (χ1) is 13.6. The molecule has 0 aliphatic rings. The molecule has 2 aromatic heterocycles. The van der Waals surface area contributed by atoms with Crippen molar-refractivity contribution in [3.8, 4) is 15.6 Å². The van der Waals surface area contributed by atoms with Crippen molar-refractivity contribution in [1.82, 2.24) is 4.98 Å². The lowest BCUT2D eigenvalue weighted by atomic mass is 10.0. The van der Waals surface area contributed by atoms with Crippen LogP contribution in [-0.4, -0.2) is 16.7 Å². The van der Waals surface area contributed by atoms with Gasteiger partial charge in [-0.1, -0.05) is 6.07 Å². The summed E-state index contributed by atoms with van der Waals surface area (Å²) in [7, 11) is 0. The minimum atomic E-state index is -0.559. The second kappa shape index (κ2) is 7.84. The van der Waals surface area contributed by atoms with Crippen molar-refractivity contribution in [2.75, 3.05) is 0 Å². The number of thiazole rings is 1. The molecule has 7 heteroatoms. The topological polar surface area (TPSA) is 56.3 Å². The van der Waals surface area contributed by atoms with E-state index in [9.17, 15) is 14.0 Å². The number of esters is 1. The van der Waals surface area contributed by atoms with Crippen molar-refractivity contribution < 1.29 is 18.7 Å². The summed E-state index contributed by atoms with van der Waals surface area (Å²) in [4.78, 5) is 30.0. The average Bonchev–Trinajstić information content (AvgIpc) is 3.40. The maximum absolute atomic E-state index is 13.0. The third kappa shape index (κ3) is 3.90. The smallest absolute Gasteiger partial charge is 0.363 e. The Morgan fingerprint density at radius 1 is 0.893 bits per heavy atom. The Bertz CT molecular complexity index is 1120. The molecular weight excluding hydrogens is 397 g/mol. The summed E-state index contributed by atoms with van der Waals surface area (Å²) in [6.45, 7) is 0. The lowest BCUT2D eigenvalue weighted by Crippen LogP contribution is -2.09. The maximum Gasteiger partial charge on any atom is 0.363 e. The lowest BCUT2D eigenvalue weighted by molar-refractivity contribution is 0.0729. The third-order valence-electron chi connectivity index (χ3n) is 3.88. The van der Waals surface area contributed by atoms with Gasteiger partial charge in [0.25, 0.3) is 0 Å². The number of ketones is 1. The summed E-state index contributed by atoms with van der Waals surface area (Å²) >= 11 is 2.93. The van der Waals surface area contributed by atoms with Crippen LogP contribution in [0, 0.1) is 5.82 Å². The molecule has 0 aliphatic carbocycles. The summed E-state index contributed by atoms with van der Waals surface area (Å²) in [5.41, 5.74) is 1.04. The van der Waals surface area contributed by atoms with Gasteiger partial charge >= 0.3 is 5.97 Å². The van der Waals surface area contributed by atoms with E-state index >= 15 is 0 Å². The van der Waals surface area contributed by atoms with Crippen LogP contribution in [0.5, 0.6) is 5.75 Å². The highest BCUT2D eigenvalue weighted by Crippen LogP contribution is 2.28. The van der Waals surface area contributed by atoms with Gasteiger partial charge in [0.15, 0.2) is 11.5 Å². The third-order valence-corrected chi connectivity index (χ3v) is 5.76. The normalized spacial score (nSPS) is 10.6. The number of benzene rings is 2. The van der Waals surface area contributed by atoms with Crippen molar-refractivity contribution in [2.24, 2.45) is 0 Å². The first-order valence-corrected chi connectivity index (χ1v) is 9.98. The molecule has 4 aromatic rings. The minimum absolute atomic E-state index is 0.236. The van der Waals surface area contributed by atoms with Crippen LogP contribution in [0.2, 0.25) is 0 Å². The highest BCUT2D eigenvalue weighted by Gasteiger charge is 2.15. The Morgan fingerprint density at radius 3 is 2.21 bits per heavy atom. The molecule has 0 fully saturated rings. The first kappa shape index (κ1) is 18.2. The number of carbonyl (C=O) groups is 2. The van der Waals surface area contributed by atoms with Crippen LogP contribution in [0.1, 0.15) is 26.4 Å². The van der Waals surface area contributed by atoms with Gasteiger partial charge in [-0.05, 0) is 60.0 Å². The number of rotatable bonds is 5. The fourth-order valence-electron chi connectivity index (χ4n) is 2.48. The lowest BCUT2D eigenvalue weighted by Gasteiger charge is -2.04. The molecule has 0 radical (unpaired) electrons. The number of thiophene rings is 1. The molecule has 0 saturated heterocycles. The molecule has 28 heavy (non-hydrogen) atoms. The zero-order valence-corrected chi connectivity index (χ0v) is 15.9. The van der Waals surface area contributed by atoms with E-state index in [4.69, 9.17) is 4.74 Å². The van der Waals surface area contributed by atoms with Crippen molar-refractivity contribution in [3.63, 3.8) is 0 Å². The molecule has 2 aromatic carbocycles. The molecule has 0 bridgehead atoms. The summed E-state index contributed by atoms with van der Waals surface area (Å²) in [6, 6.07) is 15.4. The van der Waals surface area contributed by atoms with Gasteiger partial charge in [0, 0.05) is 16.5 Å². The van der Waals surface area contributed by atoms with Crippen molar-refractivity contribution >= 4 is 34.4 Å². The maximum atomic E-state index is 13.0. The van der Waals surface area contributed by atoms with Gasteiger partial charge in [-0.25, -0.2) is 14.2 Å². The number of hydrogen-bond donors (Lipinski definition) is 0. The largest absolute Gasteiger partial charge is 0.422 e. The molecule has 0 unspecified atom stereocenters. The van der Waals surface area contributed by atoms with Gasteiger partial charge in [-0.3, -0.25) is 4.79 Å². The van der Waals surface area contributed by atoms with Crippen LogP contribution >= 0.6 is 22.7 Å². The van der Waals surface area contributed by atoms with E-state index in [0.717, 1.165) is 9.88 Å². The molecule has 2 heterocycles. The number of ether oxygens (including phenoxy) is 1. The van der Waals surface area contributed by atoms with E-state index in [0.29, 0.717) is 16.9 Å². The summed E-state index contributed by atoms with van der Waals surface area (Å²) < 4.78 is 18.3. The number of nitrogens with zero attached hydrogens (tertiary/aromatic N) is 1. The molecule has 0 atom stereocenters. The van der Waals surface area contributed by atoms with Crippen molar-refractivity contribution in [3.05, 3.63) is 94.1 Å². The molecule has 0 spiro atoms. The second-order valence-electron chi connectivity index (χ2n) is 5.77. The predicted octanol–water partition coefficient (Wildman–Crippen LogP) is 5.46. The monoisotopic (exact) mass is 409 g/mol. The molecule has 0 aliphatic heterocycles. The molecule has 0 N–H and O–H groups in total. The molecular formula is C21H12FNO3S2. The van der Waals surface area contributed by atoms with E-state index in [1.807, 2.05) is 17.5 Å². The van der Waals surface area contributed by atoms with E-state index in [2.05, 4.69) is 4.98 Å². The van der Waals surface area contributed by atoms with Crippen LogP contribution in [0.3, 0.4) is 0 Å². The van der Waals surface area contributed by atoms with E-state index in [-0.39, 0.29) is 11.5 Å². The molecule has 0 amide bonds. The highest BCUT2D eigenvalue weighted by atomic mass is 32.1. The summed E-state index contributed by atoms with van der Waals surface area (Å²) in [5, 5.41) is 4.37. The van der Waals surface area contributed by atoms with Crippen LogP contribution < -0.4 is 4.74 Å². The molecule has 4 nitrogen and oxygen atoms in total. The van der Waals surface area contributed by atoms with Crippen LogP contribution in [0.25, 0.3) is 9.88 Å². The van der Waals surface area contributed by atoms with Crippen LogP contribution in [0.4, 0.5) is 4.39 Å². The van der Waals surface area contributed by atoms with E-state index in [1.54, 1.807) is 41.0 Å². The first-order valence-electron chi connectivity index (χ1n) is 8.22. The van der Waals surface area contributed by atoms with Gasteiger partial charge in [-0.2, -0.15) is 0 Å². The minimum Gasteiger partial charge on any atom is -0.422 e. The Balaban J connectivity index is 1.45. The van der Waals surface area contributed by atoms with Gasteiger partial charge in [0.2, 0.25) is 0 Å². The van der Waals surface area contributed by atoms with Crippen LogP contribution in [0.15, 0.2) is 71.4 Å². The standard InChI is InChI=1S/C21H12FNO3S2/c22-15-7-3-13(4-8-15)19(24)14-5-9-16(10-6-14)26-21(25)17-12-28-20(23-17)18-2-1-11-27-18/h1-12H. The Kier molecular flexibility index (Phi) is 5.10. The second-order valence-corrected chi connectivity index (χ2v) is 7.57. The highest BCUT2D eigenvalue weighted by molar-refractivity contribution is 7.20. The molecule has 138 valence electrons. The molecule has 4 rings (SSSR count). The Morgan fingerprint density at radius 2 is 1.57 bits per heavy atom. The zero-order valence-electron chi connectivity index (χ0n) is 14.3. The van der Waals surface area contributed by atoms with Crippen LogP contribution in [-0.2, 0) is 0 Å². The average molecular weight is 409 g/mol. The number of hydrogen-bond acceptors (Lipinski definition) is 6. The van der Waals surface area contributed by atoms with Gasteiger partial charge < -0.3 is 4.74 Å². The number of halogens is 1. The number of aromatic nitrogens is 1. The predicted molar refractivity (Wildman–Crippen MR) is 107 cm³/mol. The SMILES string of the molecule is O=C(c1ccc(F)cc1)c1ccc(OC(=O)c2csc(-c3cccs3)n2)cc1. The number of carbonyl (C=O) groups excluding carboxylic acids is 2. The molecule has 0 saturated carbocycles. The van der Waals surface area contributed by atoms with Crippen molar-refractivity contribution in [2.45, 2.75) is 0 Å².